The maximum atomic E-state index is 13.1. The lowest BCUT2D eigenvalue weighted by Gasteiger charge is -2.26. The highest BCUT2D eigenvalue weighted by molar-refractivity contribution is 5.96. The molecule has 5 heteroatoms. The maximum Gasteiger partial charge on any atom is 0.255 e. The van der Waals surface area contributed by atoms with Crippen LogP contribution < -0.4 is 5.32 Å². The minimum absolute atomic E-state index is 0.0468. The van der Waals surface area contributed by atoms with Crippen molar-refractivity contribution in [3.8, 4) is 0 Å². The molecule has 1 fully saturated rings. The average Bonchev–Trinajstić information content (AvgIpc) is 3.02. The Morgan fingerprint density at radius 3 is 2.36 bits per heavy atom. The van der Waals surface area contributed by atoms with E-state index in [-0.39, 0.29) is 11.8 Å². The maximum absolute atomic E-state index is 13.1. The lowest BCUT2D eigenvalue weighted by Crippen LogP contribution is -2.27. The Morgan fingerprint density at radius 2 is 1.75 bits per heavy atom. The van der Waals surface area contributed by atoms with Crippen LogP contribution in [0.5, 0.6) is 0 Å². The number of rotatable bonds is 5. The Morgan fingerprint density at radius 1 is 1.11 bits per heavy atom. The molecule has 28 heavy (non-hydrogen) atoms. The molecular formula is C23H31N3O2. The SMILES string of the molecule is CNC(=O)c1ccc(CN(C)C(=O)c2cc(C)n(C3CCCCC3)c2C)cc1. The molecule has 2 amide bonds. The largest absolute Gasteiger partial charge is 0.355 e. The van der Waals surface area contributed by atoms with Gasteiger partial charge in [-0.05, 0) is 50.5 Å². The first kappa shape index (κ1) is 20.2. The van der Waals surface area contributed by atoms with Crippen molar-refractivity contribution in [3.05, 3.63) is 58.4 Å². The first-order chi connectivity index (χ1) is 13.4. The summed E-state index contributed by atoms with van der Waals surface area (Å²) in [4.78, 5) is 26.5. The van der Waals surface area contributed by atoms with Gasteiger partial charge in [-0.1, -0.05) is 31.4 Å². The van der Waals surface area contributed by atoms with Crippen LogP contribution in [-0.4, -0.2) is 35.4 Å². The zero-order valence-electron chi connectivity index (χ0n) is 17.4. The second-order valence-corrected chi connectivity index (χ2v) is 7.88. The molecule has 0 saturated heterocycles. The van der Waals surface area contributed by atoms with E-state index in [0.717, 1.165) is 16.8 Å². The number of hydrogen-bond acceptors (Lipinski definition) is 2. The van der Waals surface area contributed by atoms with Crippen molar-refractivity contribution in [2.24, 2.45) is 0 Å². The fourth-order valence-electron chi connectivity index (χ4n) is 4.35. The molecule has 0 atom stereocenters. The molecule has 1 aliphatic rings. The topological polar surface area (TPSA) is 54.3 Å². The quantitative estimate of drug-likeness (QED) is 0.842. The van der Waals surface area contributed by atoms with Gasteiger partial charge in [-0.3, -0.25) is 9.59 Å². The first-order valence-electron chi connectivity index (χ1n) is 10.2. The van der Waals surface area contributed by atoms with E-state index in [9.17, 15) is 9.59 Å². The predicted molar refractivity (Wildman–Crippen MR) is 112 cm³/mol. The monoisotopic (exact) mass is 381 g/mol. The normalized spacial score (nSPS) is 14.7. The zero-order chi connectivity index (χ0) is 20.3. The van der Waals surface area contributed by atoms with Gasteiger partial charge in [0.05, 0.1) is 5.56 Å². The van der Waals surface area contributed by atoms with Crippen LogP contribution in [0.15, 0.2) is 30.3 Å². The van der Waals surface area contributed by atoms with Crippen molar-refractivity contribution in [1.29, 1.82) is 0 Å². The molecule has 1 aromatic heterocycles. The molecule has 1 aliphatic carbocycles. The van der Waals surface area contributed by atoms with Crippen molar-refractivity contribution in [2.45, 2.75) is 58.5 Å². The molecule has 1 aromatic carbocycles. The van der Waals surface area contributed by atoms with Gasteiger partial charge in [-0.25, -0.2) is 0 Å². The van der Waals surface area contributed by atoms with Crippen LogP contribution in [-0.2, 0) is 6.54 Å². The van der Waals surface area contributed by atoms with Crippen LogP contribution in [0.25, 0.3) is 0 Å². The number of carbonyl (C=O) groups is 2. The molecule has 0 spiro atoms. The van der Waals surface area contributed by atoms with Crippen molar-refractivity contribution >= 4 is 11.8 Å². The first-order valence-corrected chi connectivity index (χ1v) is 10.2. The third kappa shape index (κ3) is 4.13. The van der Waals surface area contributed by atoms with Gasteiger partial charge >= 0.3 is 0 Å². The van der Waals surface area contributed by atoms with Crippen molar-refractivity contribution < 1.29 is 9.59 Å². The van der Waals surface area contributed by atoms with E-state index in [1.807, 2.05) is 25.2 Å². The van der Waals surface area contributed by atoms with Gasteiger partial charge in [0.2, 0.25) is 0 Å². The summed E-state index contributed by atoms with van der Waals surface area (Å²) < 4.78 is 2.37. The minimum atomic E-state index is -0.105. The van der Waals surface area contributed by atoms with Gasteiger partial charge in [-0.15, -0.1) is 0 Å². The second kappa shape index (κ2) is 8.63. The van der Waals surface area contributed by atoms with Gasteiger partial charge in [0, 0.05) is 43.6 Å². The molecule has 1 heterocycles. The molecule has 3 rings (SSSR count). The second-order valence-electron chi connectivity index (χ2n) is 7.88. The lowest BCUT2D eigenvalue weighted by molar-refractivity contribution is 0.0783. The minimum Gasteiger partial charge on any atom is -0.355 e. The fourth-order valence-corrected chi connectivity index (χ4v) is 4.35. The summed E-state index contributed by atoms with van der Waals surface area (Å²) in [7, 11) is 3.45. The van der Waals surface area contributed by atoms with Crippen LogP contribution >= 0.6 is 0 Å². The average molecular weight is 382 g/mol. The number of nitrogens with zero attached hydrogens (tertiary/aromatic N) is 2. The standard InChI is InChI=1S/C23H31N3O2/c1-16-14-21(17(2)26(16)20-8-6-5-7-9-20)23(28)25(4)15-18-10-12-19(13-11-18)22(27)24-3/h10-14,20H,5-9,15H2,1-4H3,(H,24,27). The van der Waals surface area contributed by atoms with Crippen molar-refractivity contribution in [3.63, 3.8) is 0 Å². The van der Waals surface area contributed by atoms with E-state index in [1.54, 1.807) is 24.1 Å². The van der Waals surface area contributed by atoms with E-state index in [2.05, 4.69) is 23.7 Å². The highest BCUT2D eigenvalue weighted by Gasteiger charge is 2.24. The Labute approximate surface area is 167 Å². The van der Waals surface area contributed by atoms with Crippen molar-refractivity contribution in [1.82, 2.24) is 14.8 Å². The smallest absolute Gasteiger partial charge is 0.255 e. The van der Waals surface area contributed by atoms with Gasteiger partial charge in [-0.2, -0.15) is 0 Å². The zero-order valence-corrected chi connectivity index (χ0v) is 17.4. The highest BCUT2D eigenvalue weighted by atomic mass is 16.2. The van der Waals surface area contributed by atoms with Crippen LogP contribution in [0, 0.1) is 13.8 Å². The summed E-state index contributed by atoms with van der Waals surface area (Å²) in [6, 6.07) is 9.96. The number of nitrogens with one attached hydrogen (secondary N) is 1. The summed E-state index contributed by atoms with van der Waals surface area (Å²) in [5, 5.41) is 2.62. The van der Waals surface area contributed by atoms with Crippen LogP contribution in [0.4, 0.5) is 0 Å². The van der Waals surface area contributed by atoms with Gasteiger partial charge in [0.15, 0.2) is 0 Å². The number of aryl methyl sites for hydroxylation is 1. The highest BCUT2D eigenvalue weighted by Crippen LogP contribution is 2.32. The van der Waals surface area contributed by atoms with E-state index in [1.165, 1.54) is 37.8 Å². The predicted octanol–water partition coefficient (Wildman–Crippen LogP) is 4.24. The molecule has 0 bridgehead atoms. The molecule has 5 nitrogen and oxygen atoms in total. The van der Waals surface area contributed by atoms with E-state index in [4.69, 9.17) is 0 Å². The molecular weight excluding hydrogens is 350 g/mol. The Balaban J connectivity index is 1.73. The van der Waals surface area contributed by atoms with E-state index in [0.29, 0.717) is 18.2 Å². The van der Waals surface area contributed by atoms with Gasteiger partial charge in [0.25, 0.3) is 11.8 Å². The molecule has 0 radical (unpaired) electrons. The van der Waals surface area contributed by atoms with Crippen LogP contribution in [0.2, 0.25) is 0 Å². The van der Waals surface area contributed by atoms with Crippen LogP contribution in [0.1, 0.15) is 75.8 Å². The lowest BCUT2D eigenvalue weighted by atomic mass is 9.95. The molecule has 1 N–H and O–H groups in total. The molecule has 150 valence electrons. The van der Waals surface area contributed by atoms with Gasteiger partial charge in [0.1, 0.15) is 0 Å². The Kier molecular flexibility index (Phi) is 6.22. The van der Waals surface area contributed by atoms with Crippen LogP contribution in [0.3, 0.4) is 0 Å². The number of hydrogen-bond donors (Lipinski definition) is 1. The number of aromatic nitrogens is 1. The number of amides is 2. The third-order valence-corrected chi connectivity index (χ3v) is 5.86. The Hall–Kier alpha value is -2.56. The molecule has 0 unspecified atom stereocenters. The summed E-state index contributed by atoms with van der Waals surface area (Å²) in [5.41, 5.74) is 4.68. The summed E-state index contributed by atoms with van der Waals surface area (Å²) in [5.74, 6) is -0.0586. The Bertz CT molecular complexity index is 845. The van der Waals surface area contributed by atoms with E-state index >= 15 is 0 Å². The summed E-state index contributed by atoms with van der Waals surface area (Å²) in [6.45, 7) is 4.69. The number of benzene rings is 1. The van der Waals surface area contributed by atoms with E-state index < -0.39 is 0 Å². The van der Waals surface area contributed by atoms with Gasteiger partial charge < -0.3 is 14.8 Å². The molecule has 2 aromatic rings. The summed E-state index contributed by atoms with van der Waals surface area (Å²) in [6.07, 6.45) is 6.28. The number of carbonyl (C=O) groups excluding carboxylic acids is 2. The summed E-state index contributed by atoms with van der Waals surface area (Å²) >= 11 is 0. The molecule has 1 saturated carbocycles. The third-order valence-electron chi connectivity index (χ3n) is 5.86. The van der Waals surface area contributed by atoms with Crippen molar-refractivity contribution in [2.75, 3.05) is 14.1 Å². The fraction of sp³-hybridized carbons (Fsp3) is 0.478. The molecule has 0 aliphatic heterocycles.